The predicted molar refractivity (Wildman–Crippen MR) is 75.6 cm³/mol. The number of fused-ring (bicyclic) bond motifs is 3. The molecule has 1 aliphatic carbocycles. The number of halogens is 2. The van der Waals surface area contributed by atoms with Crippen molar-refractivity contribution in [2.24, 2.45) is 0 Å². The van der Waals surface area contributed by atoms with Crippen molar-refractivity contribution in [1.29, 1.82) is 0 Å². The van der Waals surface area contributed by atoms with Gasteiger partial charge in [0.05, 0.1) is 0 Å². The molecule has 0 amide bonds. The van der Waals surface area contributed by atoms with E-state index in [2.05, 4.69) is 42.5 Å². The zero-order valence-corrected chi connectivity index (χ0v) is 17.0. The van der Waals surface area contributed by atoms with E-state index in [0.717, 1.165) is 6.42 Å². The van der Waals surface area contributed by atoms with Crippen LogP contribution in [-0.4, -0.2) is 0 Å². The van der Waals surface area contributed by atoms with Crippen LogP contribution in [0.2, 0.25) is 0 Å². The van der Waals surface area contributed by atoms with Gasteiger partial charge in [-0.05, 0) is 6.42 Å². The van der Waals surface area contributed by atoms with Gasteiger partial charge in [-0.1, -0.05) is 35.4 Å². The molecule has 0 spiro atoms. The molecule has 0 saturated carbocycles. The Bertz CT molecular complexity index is 573. The molecule has 1 aliphatic rings. The summed E-state index contributed by atoms with van der Waals surface area (Å²) in [5.74, 6) is 0. The molecule has 0 nitrogen and oxygen atoms in total. The average molecular weight is 481 g/mol. The van der Waals surface area contributed by atoms with Crippen LogP contribution in [0.1, 0.15) is 11.1 Å². The van der Waals surface area contributed by atoms with E-state index in [4.69, 9.17) is 0 Å². The molecule has 21 heavy (non-hydrogen) atoms. The van der Waals surface area contributed by atoms with Crippen LogP contribution in [0, 0.1) is 6.07 Å². The molecular formula is C18H14Br2Zr. The molecule has 0 aromatic heterocycles. The molecule has 4 rings (SSSR count). The fraction of sp³-hybridized carbons (Fsp3) is 0.0556. The predicted octanol–water partition coefficient (Wildman–Crippen LogP) is -1.53. The van der Waals surface area contributed by atoms with E-state index in [1.54, 1.807) is 0 Å². The first kappa shape index (κ1) is 20.6. The van der Waals surface area contributed by atoms with Crippen LogP contribution in [0.5, 0.6) is 0 Å². The first-order valence-electron chi connectivity index (χ1n) is 6.20. The molecule has 0 atom stereocenters. The number of benzene rings is 2. The van der Waals surface area contributed by atoms with Crippen molar-refractivity contribution >= 4 is 0 Å². The largest absolute Gasteiger partial charge is 4.00 e. The Labute approximate surface area is 166 Å². The normalized spacial score (nSPS) is 9.52. The van der Waals surface area contributed by atoms with Gasteiger partial charge in [-0.2, -0.15) is 48.0 Å². The SMILES string of the molecule is [Br-].[Br-].[Zr+4].[c-]1cccc2c1Cc1ccccc1-2.c1cc[cH-]c1. The maximum Gasteiger partial charge on any atom is 4.00 e. The summed E-state index contributed by atoms with van der Waals surface area (Å²) in [6.45, 7) is 0. The third-order valence-corrected chi connectivity index (χ3v) is 3.17. The van der Waals surface area contributed by atoms with Crippen molar-refractivity contribution in [2.75, 3.05) is 0 Å². The summed E-state index contributed by atoms with van der Waals surface area (Å²) in [6, 6.07) is 28.1. The molecule has 0 heterocycles. The van der Waals surface area contributed by atoms with E-state index in [1.807, 2.05) is 36.4 Å². The van der Waals surface area contributed by atoms with Crippen LogP contribution in [0.25, 0.3) is 11.1 Å². The van der Waals surface area contributed by atoms with Crippen molar-refractivity contribution in [2.45, 2.75) is 6.42 Å². The summed E-state index contributed by atoms with van der Waals surface area (Å²) >= 11 is 0. The molecule has 0 aliphatic heterocycles. The Morgan fingerprint density at radius 1 is 0.810 bits per heavy atom. The Morgan fingerprint density at radius 3 is 2.14 bits per heavy atom. The second-order valence-corrected chi connectivity index (χ2v) is 4.36. The molecule has 0 fully saturated rings. The van der Waals surface area contributed by atoms with Crippen LogP contribution in [0.4, 0.5) is 0 Å². The van der Waals surface area contributed by atoms with Crippen molar-refractivity contribution in [3.8, 4) is 11.1 Å². The molecule has 0 saturated heterocycles. The second kappa shape index (κ2) is 10.4. The number of hydrogen-bond acceptors (Lipinski definition) is 0. The van der Waals surface area contributed by atoms with Gasteiger partial charge in [0.2, 0.25) is 0 Å². The van der Waals surface area contributed by atoms with Crippen molar-refractivity contribution < 1.29 is 60.2 Å². The molecule has 0 radical (unpaired) electrons. The number of hydrogen-bond donors (Lipinski definition) is 0. The fourth-order valence-electron chi connectivity index (χ4n) is 2.32. The zero-order chi connectivity index (χ0) is 12.2. The first-order chi connectivity index (χ1) is 8.95. The monoisotopic (exact) mass is 478 g/mol. The van der Waals surface area contributed by atoms with Gasteiger partial charge in [0.25, 0.3) is 0 Å². The topological polar surface area (TPSA) is 0 Å². The van der Waals surface area contributed by atoms with E-state index in [0.29, 0.717) is 0 Å². The van der Waals surface area contributed by atoms with Gasteiger partial charge in [-0.25, -0.2) is 12.1 Å². The van der Waals surface area contributed by atoms with Crippen LogP contribution < -0.4 is 34.0 Å². The molecule has 3 aromatic carbocycles. The van der Waals surface area contributed by atoms with Gasteiger partial charge in [0.15, 0.2) is 0 Å². The standard InChI is InChI=1S/C13H9.C5H5.2BrH.Zr/c1-3-7-12-10(5-1)9-11-6-2-4-8-13(11)12;1-2-4-5-3-1;;;/h1-5,7-8H,9H2;1-5H;2*1H;/q2*-1;;;+4/p-2. The molecular weight excluding hydrogens is 467 g/mol. The first-order valence-corrected chi connectivity index (χ1v) is 6.20. The summed E-state index contributed by atoms with van der Waals surface area (Å²) in [7, 11) is 0. The second-order valence-electron chi connectivity index (χ2n) is 4.36. The third kappa shape index (κ3) is 5.09. The summed E-state index contributed by atoms with van der Waals surface area (Å²) in [4.78, 5) is 0. The minimum absolute atomic E-state index is 0. The zero-order valence-electron chi connectivity index (χ0n) is 11.4. The van der Waals surface area contributed by atoms with Gasteiger partial charge >= 0.3 is 26.2 Å². The van der Waals surface area contributed by atoms with Gasteiger partial charge in [0, 0.05) is 0 Å². The maximum atomic E-state index is 3.30. The third-order valence-electron chi connectivity index (χ3n) is 3.17. The van der Waals surface area contributed by atoms with Crippen LogP contribution in [0.3, 0.4) is 0 Å². The molecule has 0 N–H and O–H groups in total. The fourth-order valence-corrected chi connectivity index (χ4v) is 2.32. The summed E-state index contributed by atoms with van der Waals surface area (Å²) in [6.07, 6.45) is 1.05. The quantitative estimate of drug-likeness (QED) is 0.268. The summed E-state index contributed by atoms with van der Waals surface area (Å²) in [5, 5.41) is 0. The van der Waals surface area contributed by atoms with Gasteiger partial charge in [-0.3, -0.25) is 0 Å². The van der Waals surface area contributed by atoms with E-state index in [1.165, 1.54) is 22.3 Å². The maximum absolute atomic E-state index is 3.30. The number of rotatable bonds is 0. The Kier molecular flexibility index (Phi) is 10.2. The summed E-state index contributed by atoms with van der Waals surface area (Å²) < 4.78 is 0. The van der Waals surface area contributed by atoms with Gasteiger partial charge in [0.1, 0.15) is 0 Å². The van der Waals surface area contributed by atoms with Crippen molar-refractivity contribution in [3.63, 3.8) is 0 Å². The van der Waals surface area contributed by atoms with Crippen LogP contribution >= 0.6 is 0 Å². The van der Waals surface area contributed by atoms with E-state index >= 15 is 0 Å². The molecule has 3 aromatic rings. The van der Waals surface area contributed by atoms with Gasteiger partial charge < -0.3 is 34.0 Å². The van der Waals surface area contributed by atoms with E-state index in [9.17, 15) is 0 Å². The Morgan fingerprint density at radius 2 is 1.48 bits per heavy atom. The van der Waals surface area contributed by atoms with Crippen LogP contribution in [-0.2, 0) is 32.6 Å². The minimum atomic E-state index is 0. The average Bonchev–Trinajstić information content (AvgIpc) is 3.10. The Balaban J connectivity index is 0.000000437. The van der Waals surface area contributed by atoms with Crippen molar-refractivity contribution in [3.05, 3.63) is 90.0 Å². The van der Waals surface area contributed by atoms with E-state index in [-0.39, 0.29) is 60.2 Å². The van der Waals surface area contributed by atoms with Crippen LogP contribution in [0.15, 0.2) is 72.8 Å². The Hall–Kier alpha value is -0.367. The molecule has 104 valence electrons. The molecule has 0 unspecified atom stereocenters. The van der Waals surface area contributed by atoms with Gasteiger partial charge in [-0.15, -0.1) is 5.56 Å². The van der Waals surface area contributed by atoms with E-state index < -0.39 is 0 Å². The molecule has 3 heteroatoms. The smallest absolute Gasteiger partial charge is 1.00 e. The minimum Gasteiger partial charge on any atom is -1.00 e. The summed E-state index contributed by atoms with van der Waals surface area (Å²) in [5.41, 5.74) is 5.51. The molecule has 0 bridgehead atoms. The van der Waals surface area contributed by atoms with Crippen molar-refractivity contribution in [1.82, 2.24) is 0 Å².